The Kier molecular flexibility index (Phi) is 7.30. The Bertz CT molecular complexity index is 157. The SMILES string of the molecule is C=CCNC(=O)CNCC(C)CC. The molecule has 1 atom stereocenters. The van der Waals surface area contributed by atoms with E-state index in [2.05, 4.69) is 31.1 Å². The van der Waals surface area contributed by atoms with Gasteiger partial charge in [0, 0.05) is 6.54 Å². The van der Waals surface area contributed by atoms with E-state index < -0.39 is 0 Å². The predicted octanol–water partition coefficient (Wildman–Crippen LogP) is 0.924. The number of hydrogen-bond acceptors (Lipinski definition) is 2. The summed E-state index contributed by atoms with van der Waals surface area (Å²) in [6, 6.07) is 0. The largest absolute Gasteiger partial charge is 0.352 e. The Labute approximate surface area is 80.6 Å². The number of nitrogens with one attached hydrogen (secondary N) is 2. The molecule has 0 aliphatic carbocycles. The smallest absolute Gasteiger partial charge is 0.234 e. The third-order valence-corrected chi connectivity index (χ3v) is 1.92. The van der Waals surface area contributed by atoms with E-state index in [4.69, 9.17) is 0 Å². The third-order valence-electron chi connectivity index (χ3n) is 1.92. The molecular weight excluding hydrogens is 164 g/mol. The maximum absolute atomic E-state index is 11.1. The first-order valence-corrected chi connectivity index (χ1v) is 4.79. The van der Waals surface area contributed by atoms with Gasteiger partial charge >= 0.3 is 0 Å². The lowest BCUT2D eigenvalue weighted by atomic mass is 10.1. The summed E-state index contributed by atoms with van der Waals surface area (Å²) in [6.45, 7) is 9.67. The van der Waals surface area contributed by atoms with E-state index in [1.54, 1.807) is 6.08 Å². The van der Waals surface area contributed by atoms with E-state index in [0.717, 1.165) is 13.0 Å². The number of carbonyl (C=O) groups excluding carboxylic acids is 1. The summed E-state index contributed by atoms with van der Waals surface area (Å²) in [5, 5.41) is 5.80. The fourth-order valence-electron chi connectivity index (χ4n) is 0.825. The molecule has 0 rings (SSSR count). The maximum Gasteiger partial charge on any atom is 0.234 e. The standard InChI is InChI=1S/C10H20N2O/c1-4-6-12-10(13)8-11-7-9(3)5-2/h4,9,11H,1,5-8H2,2-3H3,(H,12,13). The lowest BCUT2D eigenvalue weighted by molar-refractivity contribution is -0.120. The van der Waals surface area contributed by atoms with Gasteiger partial charge in [-0.1, -0.05) is 26.3 Å². The van der Waals surface area contributed by atoms with Crippen LogP contribution in [0.4, 0.5) is 0 Å². The van der Waals surface area contributed by atoms with Gasteiger partial charge in [0.25, 0.3) is 0 Å². The fourth-order valence-corrected chi connectivity index (χ4v) is 0.825. The summed E-state index contributed by atoms with van der Waals surface area (Å²) in [5.74, 6) is 0.662. The maximum atomic E-state index is 11.1. The second kappa shape index (κ2) is 7.80. The molecule has 0 saturated carbocycles. The van der Waals surface area contributed by atoms with Crippen molar-refractivity contribution in [2.75, 3.05) is 19.6 Å². The average Bonchev–Trinajstić information content (AvgIpc) is 2.14. The monoisotopic (exact) mass is 184 g/mol. The quantitative estimate of drug-likeness (QED) is 0.578. The molecule has 0 aromatic heterocycles. The molecule has 0 aliphatic rings. The van der Waals surface area contributed by atoms with Crippen molar-refractivity contribution < 1.29 is 4.79 Å². The zero-order valence-electron chi connectivity index (χ0n) is 8.60. The Balaban J connectivity index is 3.31. The van der Waals surface area contributed by atoms with Gasteiger partial charge in [-0.25, -0.2) is 0 Å². The molecule has 3 nitrogen and oxygen atoms in total. The highest BCUT2D eigenvalue weighted by Crippen LogP contribution is 1.96. The number of carbonyl (C=O) groups is 1. The highest BCUT2D eigenvalue weighted by molar-refractivity contribution is 5.78. The van der Waals surface area contributed by atoms with Gasteiger partial charge in [0.2, 0.25) is 5.91 Å². The van der Waals surface area contributed by atoms with Crippen molar-refractivity contribution in [1.82, 2.24) is 10.6 Å². The molecule has 0 aliphatic heterocycles. The first-order valence-electron chi connectivity index (χ1n) is 4.79. The van der Waals surface area contributed by atoms with Crippen molar-refractivity contribution in [3.05, 3.63) is 12.7 Å². The molecule has 0 fully saturated rings. The average molecular weight is 184 g/mol. The van der Waals surface area contributed by atoms with Crippen LogP contribution in [0.15, 0.2) is 12.7 Å². The first kappa shape index (κ1) is 12.2. The van der Waals surface area contributed by atoms with E-state index in [1.165, 1.54) is 0 Å². The topological polar surface area (TPSA) is 41.1 Å². The summed E-state index contributed by atoms with van der Waals surface area (Å²) >= 11 is 0. The van der Waals surface area contributed by atoms with Gasteiger partial charge in [-0.15, -0.1) is 6.58 Å². The molecule has 1 unspecified atom stereocenters. The fraction of sp³-hybridized carbons (Fsp3) is 0.700. The van der Waals surface area contributed by atoms with Crippen LogP contribution < -0.4 is 10.6 Å². The normalized spacial score (nSPS) is 12.2. The Hall–Kier alpha value is -0.830. The minimum absolute atomic E-state index is 0.0307. The predicted molar refractivity (Wildman–Crippen MR) is 55.5 cm³/mol. The Morgan fingerprint density at radius 2 is 2.31 bits per heavy atom. The molecule has 1 amide bonds. The highest BCUT2D eigenvalue weighted by Gasteiger charge is 2.00. The molecule has 0 aromatic rings. The molecule has 0 heterocycles. The van der Waals surface area contributed by atoms with E-state index in [0.29, 0.717) is 19.0 Å². The van der Waals surface area contributed by atoms with E-state index in [1.807, 2.05) is 0 Å². The first-order chi connectivity index (χ1) is 6.20. The third kappa shape index (κ3) is 7.53. The molecule has 0 spiro atoms. The molecule has 2 N–H and O–H groups in total. The van der Waals surface area contributed by atoms with Gasteiger partial charge in [-0.3, -0.25) is 4.79 Å². The molecule has 0 aromatic carbocycles. The van der Waals surface area contributed by atoms with Crippen molar-refractivity contribution in [1.29, 1.82) is 0 Å². The summed E-state index contributed by atoms with van der Waals surface area (Å²) in [4.78, 5) is 11.1. The van der Waals surface area contributed by atoms with Crippen molar-refractivity contribution in [2.24, 2.45) is 5.92 Å². The van der Waals surface area contributed by atoms with Crippen molar-refractivity contribution in [3.63, 3.8) is 0 Å². The van der Waals surface area contributed by atoms with Gasteiger partial charge in [-0.2, -0.15) is 0 Å². The molecule has 0 bridgehead atoms. The van der Waals surface area contributed by atoms with E-state index >= 15 is 0 Å². The molecule has 0 radical (unpaired) electrons. The number of amides is 1. The summed E-state index contributed by atoms with van der Waals surface area (Å²) in [7, 11) is 0. The van der Waals surface area contributed by atoms with Crippen LogP contribution >= 0.6 is 0 Å². The van der Waals surface area contributed by atoms with Crippen LogP contribution in [0.2, 0.25) is 0 Å². The molecule has 0 saturated heterocycles. The van der Waals surface area contributed by atoms with Crippen LogP contribution in [0.5, 0.6) is 0 Å². The van der Waals surface area contributed by atoms with Crippen LogP contribution in [-0.2, 0) is 4.79 Å². The van der Waals surface area contributed by atoms with Gasteiger partial charge in [0.05, 0.1) is 6.54 Å². The molecule has 3 heteroatoms. The van der Waals surface area contributed by atoms with Crippen molar-refractivity contribution in [3.8, 4) is 0 Å². The van der Waals surface area contributed by atoms with E-state index in [-0.39, 0.29) is 5.91 Å². The highest BCUT2D eigenvalue weighted by atomic mass is 16.1. The van der Waals surface area contributed by atoms with Crippen LogP contribution in [0, 0.1) is 5.92 Å². The summed E-state index contributed by atoms with van der Waals surface area (Å²) < 4.78 is 0. The minimum atomic E-state index is 0.0307. The van der Waals surface area contributed by atoms with Gasteiger partial charge < -0.3 is 10.6 Å². The lowest BCUT2D eigenvalue weighted by Gasteiger charge is -2.09. The lowest BCUT2D eigenvalue weighted by Crippen LogP contribution is -2.35. The molecule has 13 heavy (non-hydrogen) atoms. The van der Waals surface area contributed by atoms with Crippen LogP contribution in [0.1, 0.15) is 20.3 Å². The van der Waals surface area contributed by atoms with Gasteiger partial charge in [-0.05, 0) is 12.5 Å². The zero-order valence-corrected chi connectivity index (χ0v) is 8.60. The van der Waals surface area contributed by atoms with Crippen molar-refractivity contribution >= 4 is 5.91 Å². The second-order valence-corrected chi connectivity index (χ2v) is 3.24. The zero-order chi connectivity index (χ0) is 10.1. The Morgan fingerprint density at radius 3 is 2.85 bits per heavy atom. The van der Waals surface area contributed by atoms with Crippen LogP contribution in [0.25, 0.3) is 0 Å². The van der Waals surface area contributed by atoms with Gasteiger partial charge in [0.1, 0.15) is 0 Å². The molecule has 76 valence electrons. The second-order valence-electron chi connectivity index (χ2n) is 3.24. The number of rotatable bonds is 7. The van der Waals surface area contributed by atoms with Crippen LogP contribution in [-0.4, -0.2) is 25.5 Å². The van der Waals surface area contributed by atoms with Gasteiger partial charge in [0.15, 0.2) is 0 Å². The number of hydrogen-bond donors (Lipinski definition) is 2. The summed E-state index contributed by atoms with van der Waals surface area (Å²) in [5.41, 5.74) is 0. The Morgan fingerprint density at radius 1 is 1.62 bits per heavy atom. The summed E-state index contributed by atoms with van der Waals surface area (Å²) in [6.07, 6.45) is 2.81. The van der Waals surface area contributed by atoms with Crippen LogP contribution in [0.3, 0.4) is 0 Å². The van der Waals surface area contributed by atoms with E-state index in [9.17, 15) is 4.79 Å². The van der Waals surface area contributed by atoms with Crippen molar-refractivity contribution in [2.45, 2.75) is 20.3 Å². The minimum Gasteiger partial charge on any atom is -0.352 e. The molecular formula is C10H20N2O.